The molecule has 0 amide bonds. The Morgan fingerprint density at radius 2 is 1.29 bits per heavy atom. The minimum Gasteiger partial charge on any atom is -0.480 e. The lowest BCUT2D eigenvalue weighted by Gasteiger charge is -2.32. The number of hydrogen-bond donors (Lipinski definition) is 1. The van der Waals surface area contributed by atoms with Crippen LogP contribution in [0.4, 0.5) is 0 Å². The first-order valence-corrected chi connectivity index (χ1v) is 8.36. The molecule has 0 aliphatic carbocycles. The summed E-state index contributed by atoms with van der Waals surface area (Å²) in [6.45, 7) is 4.07. The number of likely N-dealkylation sites (N-methyl/N-ethyl adjacent to an activating group) is 1. The highest BCUT2D eigenvalue weighted by Crippen LogP contribution is 2.21. The number of aliphatic carboxylic acids is 1. The number of unbranched alkanes of at least 4 members (excludes halogenated alkanes) is 9. The van der Waals surface area contributed by atoms with Crippen LogP contribution in [0.3, 0.4) is 0 Å². The molecule has 0 bridgehead atoms. The van der Waals surface area contributed by atoms with E-state index in [1.54, 1.807) is 0 Å². The van der Waals surface area contributed by atoms with E-state index in [9.17, 15) is 9.90 Å². The maximum Gasteiger partial charge on any atom is 0.323 e. The molecule has 21 heavy (non-hydrogen) atoms. The number of hydrogen-bond acceptors (Lipinski definition) is 2. The van der Waals surface area contributed by atoms with Gasteiger partial charge in [0, 0.05) is 0 Å². The summed E-state index contributed by atoms with van der Waals surface area (Å²) in [7, 11) is 3.70. The molecule has 0 saturated carbocycles. The molecule has 0 aromatic heterocycles. The minimum absolute atomic E-state index is 0. The van der Waals surface area contributed by atoms with Crippen LogP contribution in [-0.2, 0) is 4.79 Å². The number of rotatable bonds is 13. The standard InChI is InChI=1S/C17H35NO2.ClH/c1-5-6-7-8-9-10-11-12-13-14-15-17(2,16(19)20)18(3)4;/h5-15H2,1-4H3,(H,19,20);1H/t17-;/m1./s1. The summed E-state index contributed by atoms with van der Waals surface area (Å²) < 4.78 is 0. The van der Waals surface area contributed by atoms with Crippen LogP contribution in [0.5, 0.6) is 0 Å². The van der Waals surface area contributed by atoms with Gasteiger partial charge in [0.1, 0.15) is 5.54 Å². The third-order valence-corrected chi connectivity index (χ3v) is 4.46. The van der Waals surface area contributed by atoms with Crippen molar-refractivity contribution in [2.24, 2.45) is 0 Å². The molecule has 4 heteroatoms. The minimum atomic E-state index is -0.710. The molecule has 128 valence electrons. The second kappa shape index (κ2) is 13.4. The van der Waals surface area contributed by atoms with E-state index < -0.39 is 11.5 Å². The molecular weight excluding hydrogens is 286 g/mol. The zero-order chi connectivity index (χ0) is 15.4. The van der Waals surface area contributed by atoms with E-state index in [1.807, 2.05) is 25.9 Å². The van der Waals surface area contributed by atoms with Crippen LogP contribution < -0.4 is 0 Å². The molecule has 0 radical (unpaired) electrons. The SMILES string of the molecule is CCCCCCCCCCCC[C@](C)(C(=O)O)N(C)C.Cl. The highest BCUT2D eigenvalue weighted by atomic mass is 35.5. The van der Waals surface area contributed by atoms with E-state index in [1.165, 1.54) is 51.4 Å². The first-order valence-electron chi connectivity index (χ1n) is 8.36. The fourth-order valence-corrected chi connectivity index (χ4v) is 2.48. The van der Waals surface area contributed by atoms with Crippen molar-refractivity contribution in [1.82, 2.24) is 4.90 Å². The van der Waals surface area contributed by atoms with Crippen molar-refractivity contribution in [2.75, 3.05) is 14.1 Å². The van der Waals surface area contributed by atoms with Gasteiger partial charge in [-0.3, -0.25) is 9.69 Å². The van der Waals surface area contributed by atoms with Gasteiger partial charge in [0.15, 0.2) is 0 Å². The fraction of sp³-hybridized carbons (Fsp3) is 0.941. The molecule has 0 aliphatic rings. The summed E-state index contributed by atoms with van der Waals surface area (Å²) in [5.74, 6) is -0.710. The van der Waals surface area contributed by atoms with Gasteiger partial charge in [-0.05, 0) is 27.4 Å². The number of nitrogens with zero attached hydrogens (tertiary/aromatic N) is 1. The van der Waals surface area contributed by atoms with Crippen molar-refractivity contribution < 1.29 is 9.90 Å². The van der Waals surface area contributed by atoms with Crippen LogP contribution >= 0.6 is 12.4 Å². The van der Waals surface area contributed by atoms with Crippen molar-refractivity contribution in [3.63, 3.8) is 0 Å². The molecule has 0 aliphatic heterocycles. The summed E-state index contributed by atoms with van der Waals surface area (Å²) in [5, 5.41) is 9.30. The maximum absolute atomic E-state index is 11.3. The van der Waals surface area contributed by atoms with E-state index >= 15 is 0 Å². The zero-order valence-corrected chi connectivity index (χ0v) is 15.3. The molecule has 0 saturated heterocycles. The average Bonchev–Trinajstić information content (AvgIpc) is 2.40. The van der Waals surface area contributed by atoms with Gasteiger partial charge in [-0.2, -0.15) is 0 Å². The summed E-state index contributed by atoms with van der Waals surface area (Å²) in [4.78, 5) is 13.1. The van der Waals surface area contributed by atoms with Crippen molar-refractivity contribution in [3.8, 4) is 0 Å². The van der Waals surface area contributed by atoms with Crippen LogP contribution in [0.2, 0.25) is 0 Å². The first-order chi connectivity index (χ1) is 9.45. The van der Waals surface area contributed by atoms with Gasteiger partial charge < -0.3 is 5.11 Å². The molecule has 0 heterocycles. The van der Waals surface area contributed by atoms with E-state index in [0.717, 1.165) is 19.3 Å². The van der Waals surface area contributed by atoms with Crippen molar-refractivity contribution in [3.05, 3.63) is 0 Å². The average molecular weight is 322 g/mol. The first kappa shape index (κ1) is 23.0. The predicted molar refractivity (Wildman–Crippen MR) is 93.4 cm³/mol. The smallest absolute Gasteiger partial charge is 0.323 e. The summed E-state index contributed by atoms with van der Waals surface area (Å²) >= 11 is 0. The third kappa shape index (κ3) is 10.1. The Bertz CT molecular complexity index is 259. The number of carboxylic acids is 1. The van der Waals surface area contributed by atoms with Gasteiger partial charge in [-0.25, -0.2) is 0 Å². The van der Waals surface area contributed by atoms with E-state index in [-0.39, 0.29) is 12.4 Å². The van der Waals surface area contributed by atoms with Crippen molar-refractivity contribution >= 4 is 18.4 Å². The Labute approximate surface area is 137 Å². The van der Waals surface area contributed by atoms with Crippen molar-refractivity contribution in [2.45, 2.75) is 90.0 Å². The van der Waals surface area contributed by atoms with E-state index in [2.05, 4.69) is 6.92 Å². The van der Waals surface area contributed by atoms with E-state index in [0.29, 0.717) is 0 Å². The Balaban J connectivity index is 0. The fourth-order valence-electron chi connectivity index (χ4n) is 2.48. The molecule has 0 spiro atoms. The monoisotopic (exact) mass is 321 g/mol. The second-order valence-corrected chi connectivity index (χ2v) is 6.41. The molecule has 0 rings (SSSR count). The Morgan fingerprint density at radius 3 is 1.62 bits per heavy atom. The van der Waals surface area contributed by atoms with Gasteiger partial charge >= 0.3 is 5.97 Å². The molecule has 1 atom stereocenters. The normalized spacial score (nSPS) is 13.8. The third-order valence-electron chi connectivity index (χ3n) is 4.46. The van der Waals surface area contributed by atoms with Crippen LogP contribution in [0, 0.1) is 0 Å². The molecule has 0 fully saturated rings. The lowest BCUT2D eigenvalue weighted by molar-refractivity contribution is -0.149. The molecule has 3 nitrogen and oxygen atoms in total. The summed E-state index contributed by atoms with van der Waals surface area (Å²) in [6, 6.07) is 0. The van der Waals surface area contributed by atoms with Crippen LogP contribution in [0.15, 0.2) is 0 Å². The largest absolute Gasteiger partial charge is 0.480 e. The van der Waals surface area contributed by atoms with Gasteiger partial charge in [-0.1, -0.05) is 71.1 Å². The molecule has 0 aromatic rings. The Kier molecular flexibility index (Phi) is 14.7. The lowest BCUT2D eigenvalue weighted by atomic mass is 9.92. The van der Waals surface area contributed by atoms with Crippen LogP contribution in [0.25, 0.3) is 0 Å². The highest BCUT2D eigenvalue weighted by molar-refractivity contribution is 5.85. The maximum atomic E-state index is 11.3. The van der Waals surface area contributed by atoms with Crippen molar-refractivity contribution in [1.29, 1.82) is 0 Å². The Hall–Kier alpha value is -0.280. The topological polar surface area (TPSA) is 40.5 Å². The molecule has 0 unspecified atom stereocenters. The number of halogens is 1. The van der Waals surface area contributed by atoms with Crippen LogP contribution in [-0.4, -0.2) is 35.6 Å². The van der Waals surface area contributed by atoms with Gasteiger partial charge in [0.25, 0.3) is 0 Å². The van der Waals surface area contributed by atoms with E-state index in [4.69, 9.17) is 0 Å². The summed E-state index contributed by atoms with van der Waals surface area (Å²) in [5.41, 5.74) is -0.708. The quantitative estimate of drug-likeness (QED) is 0.478. The Morgan fingerprint density at radius 1 is 0.905 bits per heavy atom. The predicted octanol–water partition coefficient (Wildman–Crippen LogP) is 5.12. The second-order valence-electron chi connectivity index (χ2n) is 6.41. The van der Waals surface area contributed by atoms with Gasteiger partial charge in [0.05, 0.1) is 0 Å². The zero-order valence-electron chi connectivity index (χ0n) is 14.5. The van der Waals surface area contributed by atoms with Gasteiger partial charge in [0.2, 0.25) is 0 Å². The number of carboxylic acid groups (broad SMARTS) is 1. The number of carbonyl (C=O) groups is 1. The highest BCUT2D eigenvalue weighted by Gasteiger charge is 2.34. The molecule has 0 aromatic carbocycles. The molecular formula is C17H36ClNO2. The molecule has 1 N–H and O–H groups in total. The summed E-state index contributed by atoms with van der Waals surface area (Å²) in [6.07, 6.45) is 13.6. The van der Waals surface area contributed by atoms with Gasteiger partial charge in [-0.15, -0.1) is 12.4 Å². The lowest BCUT2D eigenvalue weighted by Crippen LogP contribution is -2.48. The van der Waals surface area contributed by atoms with Crippen LogP contribution in [0.1, 0.15) is 84.5 Å².